The highest BCUT2D eigenvalue weighted by Crippen LogP contribution is 2.15. The van der Waals surface area contributed by atoms with Crippen LogP contribution in [0.25, 0.3) is 0 Å². The third kappa shape index (κ3) is 4.30. The molecule has 2 aromatic rings. The van der Waals surface area contributed by atoms with Crippen LogP contribution in [0.15, 0.2) is 42.6 Å². The molecule has 0 saturated carbocycles. The number of carbonyl (C=O) groups excluding carboxylic acids is 1. The second-order valence-electron chi connectivity index (χ2n) is 5.50. The quantitative estimate of drug-likeness (QED) is 0.466. The van der Waals surface area contributed by atoms with Crippen LogP contribution in [0.4, 0.5) is 11.5 Å². The Kier molecular flexibility index (Phi) is 5.20. The van der Waals surface area contributed by atoms with Crippen LogP contribution < -0.4 is 4.90 Å². The van der Waals surface area contributed by atoms with E-state index >= 15 is 0 Å². The van der Waals surface area contributed by atoms with E-state index < -0.39 is 10.9 Å². The van der Waals surface area contributed by atoms with Gasteiger partial charge in [-0.05, 0) is 29.8 Å². The monoisotopic (exact) mass is 343 g/mol. The Morgan fingerprint density at radius 3 is 2.52 bits per heavy atom. The van der Waals surface area contributed by atoms with Crippen LogP contribution >= 0.6 is 0 Å². The van der Waals surface area contributed by atoms with Gasteiger partial charge in [-0.15, -0.1) is 0 Å². The van der Waals surface area contributed by atoms with Gasteiger partial charge in [-0.25, -0.2) is 9.78 Å². The maximum absolute atomic E-state index is 12.1. The van der Waals surface area contributed by atoms with Gasteiger partial charge in [-0.3, -0.25) is 10.1 Å². The highest BCUT2D eigenvalue weighted by Gasteiger charge is 2.14. The van der Waals surface area contributed by atoms with E-state index in [1.807, 2.05) is 0 Å². The minimum Gasteiger partial charge on any atom is -0.457 e. The molecule has 0 spiro atoms. The lowest BCUT2D eigenvalue weighted by molar-refractivity contribution is -0.384. The summed E-state index contributed by atoms with van der Waals surface area (Å²) in [7, 11) is 0. The van der Waals surface area contributed by atoms with E-state index in [1.165, 1.54) is 18.3 Å². The summed E-state index contributed by atoms with van der Waals surface area (Å²) in [6.45, 7) is 2.93. The normalized spacial score (nSPS) is 14.2. The average Bonchev–Trinajstić information content (AvgIpc) is 2.67. The van der Waals surface area contributed by atoms with Crippen LogP contribution in [0, 0.1) is 10.1 Å². The van der Waals surface area contributed by atoms with Gasteiger partial charge < -0.3 is 14.4 Å². The zero-order valence-corrected chi connectivity index (χ0v) is 13.5. The summed E-state index contributed by atoms with van der Waals surface area (Å²) < 4.78 is 10.5. The van der Waals surface area contributed by atoms with Crippen LogP contribution in [0.3, 0.4) is 0 Å². The van der Waals surface area contributed by atoms with E-state index in [-0.39, 0.29) is 12.3 Å². The molecule has 0 aliphatic carbocycles. The zero-order chi connectivity index (χ0) is 17.6. The fourth-order valence-corrected chi connectivity index (χ4v) is 2.43. The fourth-order valence-electron chi connectivity index (χ4n) is 2.43. The smallest absolute Gasteiger partial charge is 0.340 e. The number of carbonyl (C=O) groups is 1. The predicted octanol–water partition coefficient (Wildman–Crippen LogP) is 2.18. The van der Waals surface area contributed by atoms with Crippen LogP contribution in [-0.4, -0.2) is 42.2 Å². The Bertz CT molecular complexity index is 740. The first-order chi connectivity index (χ1) is 12.1. The maximum atomic E-state index is 12.1. The number of hydrogen-bond acceptors (Lipinski definition) is 7. The molecule has 130 valence electrons. The van der Waals surface area contributed by atoms with Gasteiger partial charge in [0, 0.05) is 31.4 Å². The molecule has 25 heavy (non-hydrogen) atoms. The summed E-state index contributed by atoms with van der Waals surface area (Å²) in [4.78, 5) is 28.6. The number of aromatic nitrogens is 1. The van der Waals surface area contributed by atoms with E-state index in [1.54, 1.807) is 24.3 Å². The minimum absolute atomic E-state index is 0.00187. The van der Waals surface area contributed by atoms with Crippen molar-refractivity contribution in [2.75, 3.05) is 31.2 Å². The number of nitro groups is 1. The average molecular weight is 343 g/mol. The molecule has 0 bridgehead atoms. The fraction of sp³-hybridized carbons (Fsp3) is 0.294. The van der Waals surface area contributed by atoms with Crippen LogP contribution in [0.1, 0.15) is 15.9 Å². The number of hydrogen-bond donors (Lipinski definition) is 0. The lowest BCUT2D eigenvalue weighted by atomic mass is 10.2. The van der Waals surface area contributed by atoms with Gasteiger partial charge in [-0.1, -0.05) is 0 Å². The van der Waals surface area contributed by atoms with Crippen molar-refractivity contribution in [3.63, 3.8) is 0 Å². The number of ether oxygens (including phenoxy) is 2. The highest BCUT2D eigenvalue weighted by atomic mass is 16.6. The van der Waals surface area contributed by atoms with Crippen molar-refractivity contribution in [3.8, 4) is 0 Å². The molecule has 1 aromatic heterocycles. The van der Waals surface area contributed by atoms with Gasteiger partial charge in [0.1, 0.15) is 12.4 Å². The number of anilines is 1. The number of benzene rings is 1. The van der Waals surface area contributed by atoms with Crippen molar-refractivity contribution >= 4 is 17.5 Å². The standard InChI is InChI=1S/C17H17N3O5/c21-17(25-12-13-1-4-15(5-2-13)20(22)23)14-3-6-16(18-11-14)19-7-9-24-10-8-19/h1-6,11H,7-10,12H2. The lowest BCUT2D eigenvalue weighted by Crippen LogP contribution is -2.36. The third-order valence-electron chi connectivity index (χ3n) is 3.84. The topological polar surface area (TPSA) is 94.8 Å². The summed E-state index contributed by atoms with van der Waals surface area (Å²) >= 11 is 0. The molecule has 0 amide bonds. The summed E-state index contributed by atoms with van der Waals surface area (Å²) in [6, 6.07) is 9.34. The minimum atomic E-state index is -0.487. The SMILES string of the molecule is O=C(OCc1ccc([N+](=O)[O-])cc1)c1ccc(N2CCOCC2)nc1. The molecule has 0 N–H and O–H groups in total. The van der Waals surface area contributed by atoms with Crippen LogP contribution in [-0.2, 0) is 16.1 Å². The summed E-state index contributed by atoms with van der Waals surface area (Å²) in [5.74, 6) is 0.314. The number of rotatable bonds is 5. The Labute approximate surface area is 144 Å². The van der Waals surface area contributed by atoms with Crippen molar-refractivity contribution in [2.24, 2.45) is 0 Å². The first-order valence-electron chi connectivity index (χ1n) is 7.83. The molecule has 0 atom stereocenters. The number of nitrogens with zero attached hydrogens (tertiary/aromatic N) is 3. The van der Waals surface area contributed by atoms with E-state index in [4.69, 9.17) is 9.47 Å². The Morgan fingerprint density at radius 2 is 1.92 bits per heavy atom. The number of pyridine rings is 1. The molecule has 2 heterocycles. The molecule has 8 nitrogen and oxygen atoms in total. The van der Waals surface area contributed by atoms with E-state index in [2.05, 4.69) is 9.88 Å². The Morgan fingerprint density at radius 1 is 1.20 bits per heavy atom. The molecule has 8 heteroatoms. The lowest BCUT2D eigenvalue weighted by Gasteiger charge is -2.27. The molecular formula is C17H17N3O5. The molecule has 1 fully saturated rings. The van der Waals surface area contributed by atoms with Gasteiger partial charge in [0.05, 0.1) is 23.7 Å². The van der Waals surface area contributed by atoms with E-state index in [9.17, 15) is 14.9 Å². The number of nitro benzene ring substituents is 1. The Balaban J connectivity index is 1.56. The van der Waals surface area contributed by atoms with Gasteiger partial charge in [0.2, 0.25) is 0 Å². The first-order valence-corrected chi connectivity index (χ1v) is 7.83. The largest absolute Gasteiger partial charge is 0.457 e. The van der Waals surface area contributed by atoms with Gasteiger partial charge in [-0.2, -0.15) is 0 Å². The van der Waals surface area contributed by atoms with Crippen molar-refractivity contribution < 1.29 is 19.2 Å². The molecule has 1 aliphatic heterocycles. The van der Waals surface area contributed by atoms with Gasteiger partial charge in [0.15, 0.2) is 0 Å². The Hall–Kier alpha value is -3.00. The molecule has 3 rings (SSSR count). The second kappa shape index (κ2) is 7.71. The van der Waals surface area contributed by atoms with Crippen LogP contribution in [0.2, 0.25) is 0 Å². The number of non-ortho nitro benzene ring substituents is 1. The summed E-state index contributed by atoms with van der Waals surface area (Å²) in [5.41, 5.74) is 1.04. The number of esters is 1. The third-order valence-corrected chi connectivity index (χ3v) is 3.84. The molecule has 0 radical (unpaired) electrons. The summed E-state index contributed by atoms with van der Waals surface area (Å²) in [5, 5.41) is 10.6. The van der Waals surface area contributed by atoms with Gasteiger partial charge in [0.25, 0.3) is 5.69 Å². The summed E-state index contributed by atoms with van der Waals surface area (Å²) in [6.07, 6.45) is 1.49. The highest BCUT2D eigenvalue weighted by molar-refractivity contribution is 5.89. The van der Waals surface area contributed by atoms with Crippen LogP contribution in [0.5, 0.6) is 0 Å². The molecule has 1 aliphatic rings. The zero-order valence-electron chi connectivity index (χ0n) is 13.5. The van der Waals surface area contributed by atoms with Crippen molar-refractivity contribution in [3.05, 3.63) is 63.8 Å². The molecular weight excluding hydrogens is 326 g/mol. The van der Waals surface area contributed by atoms with Crippen molar-refractivity contribution in [1.29, 1.82) is 0 Å². The molecule has 0 unspecified atom stereocenters. The second-order valence-corrected chi connectivity index (χ2v) is 5.50. The van der Waals surface area contributed by atoms with E-state index in [0.29, 0.717) is 24.3 Å². The van der Waals surface area contributed by atoms with Crippen molar-refractivity contribution in [1.82, 2.24) is 4.98 Å². The molecule has 1 aromatic carbocycles. The predicted molar refractivity (Wildman–Crippen MR) is 89.5 cm³/mol. The van der Waals surface area contributed by atoms with Crippen molar-refractivity contribution in [2.45, 2.75) is 6.61 Å². The number of morpholine rings is 1. The van der Waals surface area contributed by atoms with Gasteiger partial charge >= 0.3 is 5.97 Å². The van der Waals surface area contributed by atoms with E-state index in [0.717, 1.165) is 18.9 Å². The molecule has 1 saturated heterocycles. The first kappa shape index (κ1) is 16.8. The maximum Gasteiger partial charge on any atom is 0.340 e.